The van der Waals surface area contributed by atoms with Gasteiger partial charge in [0, 0.05) is 19.5 Å². The summed E-state index contributed by atoms with van der Waals surface area (Å²) in [6.07, 6.45) is 3.38. The van der Waals surface area contributed by atoms with Crippen LogP contribution in [0.15, 0.2) is 4.52 Å². The van der Waals surface area contributed by atoms with Gasteiger partial charge in [-0.25, -0.2) is 0 Å². The highest BCUT2D eigenvalue weighted by molar-refractivity contribution is 5.79. The Hall–Kier alpha value is -1.47. The third kappa shape index (κ3) is 3.30. The standard InChI is InChI=1S/C12H20N4O3/c1-2-3-4-9-14-10(19-15-9)7-16-6-5-12(13,8-16)11(17)18/h2-8,13H2,1H3,(H,17,18). The largest absolute Gasteiger partial charge is 0.480 e. The maximum absolute atomic E-state index is 11.0. The summed E-state index contributed by atoms with van der Waals surface area (Å²) in [5.74, 6) is 0.290. The molecule has 0 aliphatic carbocycles. The molecule has 1 aromatic rings. The van der Waals surface area contributed by atoms with Crippen LogP contribution in [0.4, 0.5) is 0 Å². The summed E-state index contributed by atoms with van der Waals surface area (Å²) in [6.45, 7) is 3.52. The topological polar surface area (TPSA) is 105 Å². The predicted molar refractivity (Wildman–Crippen MR) is 67.4 cm³/mol. The number of rotatable bonds is 6. The van der Waals surface area contributed by atoms with Gasteiger partial charge in [0.2, 0.25) is 5.89 Å². The molecular formula is C12H20N4O3. The van der Waals surface area contributed by atoms with Crippen LogP contribution in [0.2, 0.25) is 0 Å². The number of aliphatic carboxylic acids is 1. The summed E-state index contributed by atoms with van der Waals surface area (Å²) in [6, 6.07) is 0. The zero-order valence-corrected chi connectivity index (χ0v) is 11.1. The molecule has 1 aromatic heterocycles. The van der Waals surface area contributed by atoms with E-state index in [1.54, 1.807) is 0 Å². The van der Waals surface area contributed by atoms with E-state index < -0.39 is 11.5 Å². The highest BCUT2D eigenvalue weighted by atomic mass is 16.5. The molecule has 1 atom stereocenters. The number of nitrogens with zero attached hydrogens (tertiary/aromatic N) is 3. The van der Waals surface area contributed by atoms with Crippen molar-refractivity contribution in [2.24, 2.45) is 5.73 Å². The Balaban J connectivity index is 1.89. The second-order valence-electron chi connectivity index (χ2n) is 5.13. The molecule has 0 amide bonds. The smallest absolute Gasteiger partial charge is 0.325 e. The lowest BCUT2D eigenvalue weighted by Crippen LogP contribution is -2.50. The van der Waals surface area contributed by atoms with E-state index in [4.69, 9.17) is 15.4 Å². The van der Waals surface area contributed by atoms with Gasteiger partial charge in [-0.15, -0.1) is 0 Å². The average Bonchev–Trinajstić information content (AvgIpc) is 2.95. The highest BCUT2D eigenvalue weighted by Crippen LogP contribution is 2.20. The molecule has 7 nitrogen and oxygen atoms in total. The third-order valence-electron chi connectivity index (χ3n) is 3.43. The Morgan fingerprint density at radius 2 is 2.42 bits per heavy atom. The van der Waals surface area contributed by atoms with Gasteiger partial charge >= 0.3 is 5.97 Å². The summed E-state index contributed by atoms with van der Waals surface area (Å²) in [5.41, 5.74) is 4.66. The summed E-state index contributed by atoms with van der Waals surface area (Å²) in [5, 5.41) is 13.0. The maximum atomic E-state index is 11.0. The van der Waals surface area contributed by atoms with E-state index in [1.807, 2.05) is 4.90 Å². The number of likely N-dealkylation sites (tertiary alicyclic amines) is 1. The average molecular weight is 268 g/mol. The van der Waals surface area contributed by atoms with Crippen LogP contribution in [-0.4, -0.2) is 44.7 Å². The van der Waals surface area contributed by atoms with E-state index in [2.05, 4.69) is 17.1 Å². The van der Waals surface area contributed by atoms with Crippen LogP contribution in [0, 0.1) is 0 Å². The molecule has 2 heterocycles. The fourth-order valence-electron chi connectivity index (χ4n) is 2.21. The molecule has 1 aliphatic heterocycles. The zero-order chi connectivity index (χ0) is 13.9. The number of unbranched alkanes of at least 4 members (excludes halogenated alkanes) is 1. The quantitative estimate of drug-likeness (QED) is 0.769. The Morgan fingerprint density at radius 3 is 3.05 bits per heavy atom. The first kappa shape index (κ1) is 14.0. The van der Waals surface area contributed by atoms with Gasteiger partial charge in [-0.05, 0) is 12.8 Å². The molecule has 0 radical (unpaired) electrons. The van der Waals surface area contributed by atoms with Gasteiger partial charge in [-0.1, -0.05) is 18.5 Å². The molecule has 0 aromatic carbocycles. The van der Waals surface area contributed by atoms with Gasteiger partial charge in [-0.3, -0.25) is 9.69 Å². The van der Waals surface area contributed by atoms with Crippen molar-refractivity contribution in [3.8, 4) is 0 Å². The molecule has 1 saturated heterocycles. The summed E-state index contributed by atoms with van der Waals surface area (Å²) in [7, 11) is 0. The number of hydrogen-bond donors (Lipinski definition) is 2. The molecule has 3 N–H and O–H groups in total. The van der Waals surface area contributed by atoms with Gasteiger partial charge in [0.05, 0.1) is 6.54 Å². The fraction of sp³-hybridized carbons (Fsp3) is 0.750. The van der Waals surface area contributed by atoms with Gasteiger partial charge in [-0.2, -0.15) is 4.98 Å². The van der Waals surface area contributed by atoms with Crippen LogP contribution in [0.5, 0.6) is 0 Å². The van der Waals surface area contributed by atoms with Crippen LogP contribution < -0.4 is 5.73 Å². The lowest BCUT2D eigenvalue weighted by molar-refractivity contribution is -0.142. The monoisotopic (exact) mass is 268 g/mol. The Morgan fingerprint density at radius 1 is 1.63 bits per heavy atom. The number of carboxylic acids is 1. The maximum Gasteiger partial charge on any atom is 0.325 e. The van der Waals surface area contributed by atoms with Crippen LogP contribution in [-0.2, 0) is 17.8 Å². The molecule has 0 bridgehead atoms. The lowest BCUT2D eigenvalue weighted by atomic mass is 10.0. The first-order chi connectivity index (χ1) is 9.03. The highest BCUT2D eigenvalue weighted by Gasteiger charge is 2.41. The summed E-state index contributed by atoms with van der Waals surface area (Å²) in [4.78, 5) is 17.3. The van der Waals surface area contributed by atoms with Crippen LogP contribution in [0.1, 0.15) is 37.9 Å². The van der Waals surface area contributed by atoms with Crippen molar-refractivity contribution in [2.75, 3.05) is 13.1 Å². The van der Waals surface area contributed by atoms with Crippen molar-refractivity contribution in [3.05, 3.63) is 11.7 Å². The molecular weight excluding hydrogens is 248 g/mol. The van der Waals surface area contributed by atoms with Crippen LogP contribution in [0.25, 0.3) is 0 Å². The minimum Gasteiger partial charge on any atom is -0.480 e. The van der Waals surface area contributed by atoms with E-state index in [1.165, 1.54) is 0 Å². The van der Waals surface area contributed by atoms with Crippen molar-refractivity contribution in [3.63, 3.8) is 0 Å². The van der Waals surface area contributed by atoms with Crippen LogP contribution >= 0.6 is 0 Å². The predicted octanol–water partition coefficient (Wildman–Crippen LogP) is 0.400. The van der Waals surface area contributed by atoms with E-state index >= 15 is 0 Å². The normalized spacial score (nSPS) is 23.9. The number of aryl methyl sites for hydroxylation is 1. The van der Waals surface area contributed by atoms with Gasteiger partial charge in [0.25, 0.3) is 0 Å². The SMILES string of the molecule is CCCCc1noc(CN2CCC(N)(C(=O)O)C2)n1. The zero-order valence-electron chi connectivity index (χ0n) is 11.1. The van der Waals surface area contributed by atoms with E-state index in [9.17, 15) is 4.79 Å². The number of hydrogen-bond acceptors (Lipinski definition) is 6. The van der Waals surface area contributed by atoms with Crippen molar-refractivity contribution >= 4 is 5.97 Å². The van der Waals surface area contributed by atoms with Crippen molar-refractivity contribution in [1.82, 2.24) is 15.0 Å². The Kier molecular flexibility index (Phi) is 4.16. The van der Waals surface area contributed by atoms with Gasteiger partial charge in [0.1, 0.15) is 5.54 Å². The Bertz CT molecular complexity index is 448. The van der Waals surface area contributed by atoms with Crippen molar-refractivity contribution in [2.45, 2.75) is 44.7 Å². The molecule has 0 saturated carbocycles. The number of nitrogens with two attached hydrogens (primary N) is 1. The number of carboxylic acid groups (broad SMARTS) is 1. The summed E-state index contributed by atoms with van der Waals surface area (Å²) < 4.78 is 5.16. The third-order valence-corrected chi connectivity index (χ3v) is 3.43. The van der Waals surface area contributed by atoms with Gasteiger partial charge in [0.15, 0.2) is 5.82 Å². The molecule has 1 unspecified atom stereocenters. The second-order valence-corrected chi connectivity index (χ2v) is 5.13. The molecule has 2 rings (SSSR count). The number of aromatic nitrogens is 2. The summed E-state index contributed by atoms with van der Waals surface area (Å²) >= 11 is 0. The molecule has 106 valence electrons. The minimum atomic E-state index is -1.15. The van der Waals surface area contributed by atoms with Crippen molar-refractivity contribution < 1.29 is 14.4 Å². The minimum absolute atomic E-state index is 0.314. The first-order valence-electron chi connectivity index (χ1n) is 6.59. The molecule has 19 heavy (non-hydrogen) atoms. The molecule has 1 fully saturated rings. The second kappa shape index (κ2) is 5.66. The van der Waals surface area contributed by atoms with Gasteiger partial charge < -0.3 is 15.4 Å². The van der Waals surface area contributed by atoms with E-state index in [0.29, 0.717) is 37.8 Å². The molecule has 7 heteroatoms. The van der Waals surface area contributed by atoms with E-state index in [-0.39, 0.29) is 0 Å². The molecule has 0 spiro atoms. The number of carbonyl (C=O) groups is 1. The Labute approximate surface area is 111 Å². The fourth-order valence-corrected chi connectivity index (χ4v) is 2.21. The lowest BCUT2D eigenvalue weighted by Gasteiger charge is -2.18. The van der Waals surface area contributed by atoms with Crippen LogP contribution in [0.3, 0.4) is 0 Å². The molecule has 1 aliphatic rings. The first-order valence-corrected chi connectivity index (χ1v) is 6.59. The van der Waals surface area contributed by atoms with E-state index in [0.717, 1.165) is 19.3 Å². The van der Waals surface area contributed by atoms with Crippen molar-refractivity contribution in [1.29, 1.82) is 0 Å².